The lowest BCUT2D eigenvalue weighted by Crippen LogP contribution is -2.08. The molecule has 21 heavy (non-hydrogen) atoms. The van der Waals surface area contributed by atoms with Gasteiger partial charge in [-0.15, -0.1) is 0 Å². The molecule has 5 nitrogen and oxygen atoms in total. The molecule has 1 atom stereocenters. The number of hydrogen-bond acceptors (Lipinski definition) is 4. The smallest absolute Gasteiger partial charge is 0.296 e. The van der Waals surface area contributed by atoms with Gasteiger partial charge < -0.3 is 10.1 Å². The molecule has 0 aliphatic rings. The highest BCUT2D eigenvalue weighted by atomic mass is 16.6. The maximum atomic E-state index is 11.2. The van der Waals surface area contributed by atoms with Crippen molar-refractivity contribution in [2.75, 3.05) is 11.9 Å². The van der Waals surface area contributed by atoms with Gasteiger partial charge in [-0.25, -0.2) is 0 Å². The molecule has 0 saturated carbocycles. The van der Waals surface area contributed by atoms with Crippen LogP contribution in [0.15, 0.2) is 48.5 Å². The average molecular weight is 286 g/mol. The summed E-state index contributed by atoms with van der Waals surface area (Å²) in [5.41, 5.74) is 1.57. The Hall–Kier alpha value is -2.56. The van der Waals surface area contributed by atoms with E-state index < -0.39 is 4.92 Å². The molecule has 0 saturated heterocycles. The second-order valence-electron chi connectivity index (χ2n) is 4.65. The minimum Gasteiger partial charge on any atom is -0.494 e. The zero-order valence-electron chi connectivity index (χ0n) is 12.1. The van der Waals surface area contributed by atoms with E-state index in [4.69, 9.17) is 4.74 Å². The van der Waals surface area contributed by atoms with Crippen molar-refractivity contribution in [2.45, 2.75) is 19.9 Å². The lowest BCUT2D eigenvalue weighted by molar-refractivity contribution is -0.384. The highest BCUT2D eigenvalue weighted by Gasteiger charge is 2.17. The van der Waals surface area contributed by atoms with Gasteiger partial charge in [0.2, 0.25) is 0 Å². The molecule has 1 unspecified atom stereocenters. The van der Waals surface area contributed by atoms with Crippen molar-refractivity contribution >= 4 is 11.4 Å². The van der Waals surface area contributed by atoms with Crippen LogP contribution in [0.5, 0.6) is 5.75 Å². The molecule has 0 fully saturated rings. The largest absolute Gasteiger partial charge is 0.494 e. The quantitative estimate of drug-likeness (QED) is 0.639. The van der Waals surface area contributed by atoms with Gasteiger partial charge >= 0.3 is 0 Å². The van der Waals surface area contributed by atoms with Crippen LogP contribution in [-0.4, -0.2) is 11.5 Å². The molecule has 0 heterocycles. The van der Waals surface area contributed by atoms with Gasteiger partial charge in [0.15, 0.2) is 0 Å². The van der Waals surface area contributed by atoms with Crippen LogP contribution in [0.4, 0.5) is 11.4 Å². The number of anilines is 1. The molecule has 0 aliphatic carbocycles. The van der Waals surface area contributed by atoms with E-state index in [0.717, 1.165) is 5.56 Å². The zero-order chi connectivity index (χ0) is 15.2. The Kier molecular flexibility index (Phi) is 4.77. The third-order valence-electron chi connectivity index (χ3n) is 3.15. The summed E-state index contributed by atoms with van der Waals surface area (Å²) in [4.78, 5) is 10.8. The first-order valence-electron chi connectivity index (χ1n) is 6.84. The van der Waals surface area contributed by atoms with E-state index in [2.05, 4.69) is 5.32 Å². The summed E-state index contributed by atoms with van der Waals surface area (Å²) >= 11 is 0. The van der Waals surface area contributed by atoms with Crippen molar-refractivity contribution in [2.24, 2.45) is 0 Å². The van der Waals surface area contributed by atoms with E-state index in [0.29, 0.717) is 18.0 Å². The fourth-order valence-electron chi connectivity index (χ4n) is 2.10. The summed E-state index contributed by atoms with van der Waals surface area (Å²) in [5.74, 6) is 0.502. The third-order valence-corrected chi connectivity index (χ3v) is 3.15. The van der Waals surface area contributed by atoms with Crippen molar-refractivity contribution in [3.05, 3.63) is 64.2 Å². The molecule has 110 valence electrons. The molecule has 5 heteroatoms. The first-order chi connectivity index (χ1) is 10.1. The Labute approximate surface area is 123 Å². The van der Waals surface area contributed by atoms with Gasteiger partial charge in [-0.2, -0.15) is 0 Å². The van der Waals surface area contributed by atoms with Crippen LogP contribution in [0.3, 0.4) is 0 Å². The van der Waals surface area contributed by atoms with Crippen molar-refractivity contribution in [3.8, 4) is 5.75 Å². The number of rotatable bonds is 6. The van der Waals surface area contributed by atoms with Crippen LogP contribution >= 0.6 is 0 Å². The Bertz CT molecular complexity index is 614. The molecular weight excluding hydrogens is 268 g/mol. The number of ether oxygens (including phenoxy) is 1. The zero-order valence-corrected chi connectivity index (χ0v) is 12.1. The lowest BCUT2D eigenvalue weighted by atomic mass is 10.1. The SMILES string of the molecule is CCOc1ccc(NC(C)c2ccccc2)c([N+](=O)[O-])c1. The van der Waals surface area contributed by atoms with Crippen LogP contribution < -0.4 is 10.1 Å². The van der Waals surface area contributed by atoms with Gasteiger partial charge in [-0.1, -0.05) is 30.3 Å². The van der Waals surface area contributed by atoms with E-state index >= 15 is 0 Å². The lowest BCUT2D eigenvalue weighted by Gasteiger charge is -2.16. The predicted octanol–water partition coefficient (Wildman–Crippen LogP) is 4.17. The molecule has 0 amide bonds. The topological polar surface area (TPSA) is 64.4 Å². The summed E-state index contributed by atoms with van der Waals surface area (Å²) in [6.07, 6.45) is 0. The number of nitrogens with one attached hydrogen (secondary N) is 1. The fraction of sp³-hybridized carbons (Fsp3) is 0.250. The van der Waals surface area contributed by atoms with Gasteiger partial charge in [0.1, 0.15) is 11.4 Å². The first-order valence-corrected chi connectivity index (χ1v) is 6.84. The maximum Gasteiger partial charge on any atom is 0.296 e. The van der Waals surface area contributed by atoms with Gasteiger partial charge in [0.05, 0.1) is 17.6 Å². The van der Waals surface area contributed by atoms with E-state index in [1.807, 2.05) is 44.2 Å². The molecular formula is C16H18N2O3. The Morgan fingerprint density at radius 2 is 1.95 bits per heavy atom. The van der Waals surface area contributed by atoms with Crippen molar-refractivity contribution < 1.29 is 9.66 Å². The van der Waals surface area contributed by atoms with E-state index in [1.54, 1.807) is 12.1 Å². The third kappa shape index (κ3) is 3.72. The summed E-state index contributed by atoms with van der Waals surface area (Å²) in [6, 6.07) is 14.6. The molecule has 0 bridgehead atoms. The molecule has 0 spiro atoms. The number of nitrogens with zero attached hydrogens (tertiary/aromatic N) is 1. The molecule has 2 aromatic rings. The Morgan fingerprint density at radius 1 is 1.24 bits per heavy atom. The minimum atomic E-state index is -0.400. The Morgan fingerprint density at radius 3 is 2.57 bits per heavy atom. The van der Waals surface area contributed by atoms with Gasteiger partial charge in [0.25, 0.3) is 5.69 Å². The predicted molar refractivity (Wildman–Crippen MR) is 82.7 cm³/mol. The van der Waals surface area contributed by atoms with Crippen molar-refractivity contribution in [1.29, 1.82) is 0 Å². The number of nitro benzene ring substituents is 1. The number of nitro groups is 1. The Balaban J connectivity index is 2.25. The second-order valence-corrected chi connectivity index (χ2v) is 4.65. The summed E-state index contributed by atoms with van der Waals surface area (Å²) < 4.78 is 5.31. The number of benzene rings is 2. The molecule has 2 rings (SSSR count). The minimum absolute atomic E-state index is 0.0173. The molecule has 0 radical (unpaired) electrons. The van der Waals surface area contributed by atoms with Gasteiger partial charge in [-0.05, 0) is 31.5 Å². The highest BCUT2D eigenvalue weighted by Crippen LogP contribution is 2.31. The van der Waals surface area contributed by atoms with Crippen LogP contribution in [0, 0.1) is 10.1 Å². The van der Waals surface area contributed by atoms with E-state index in [1.165, 1.54) is 6.07 Å². The van der Waals surface area contributed by atoms with Crippen LogP contribution in [0.2, 0.25) is 0 Å². The number of hydrogen-bond donors (Lipinski definition) is 1. The standard InChI is InChI=1S/C16H18N2O3/c1-3-21-14-9-10-15(16(11-14)18(19)20)17-12(2)13-7-5-4-6-8-13/h4-12,17H,3H2,1-2H3. The summed E-state index contributed by atoms with van der Waals surface area (Å²) in [5, 5.41) is 14.4. The second kappa shape index (κ2) is 6.74. The van der Waals surface area contributed by atoms with Crippen molar-refractivity contribution in [3.63, 3.8) is 0 Å². The highest BCUT2D eigenvalue weighted by molar-refractivity contribution is 5.64. The first kappa shape index (κ1) is 14.8. The molecule has 2 aromatic carbocycles. The molecule has 1 N–H and O–H groups in total. The maximum absolute atomic E-state index is 11.2. The molecule has 0 aromatic heterocycles. The van der Waals surface area contributed by atoms with Gasteiger partial charge in [0, 0.05) is 6.04 Å². The average Bonchev–Trinajstić information content (AvgIpc) is 2.49. The molecule has 0 aliphatic heterocycles. The van der Waals surface area contributed by atoms with Crippen LogP contribution in [-0.2, 0) is 0 Å². The van der Waals surface area contributed by atoms with Crippen molar-refractivity contribution in [1.82, 2.24) is 0 Å². The summed E-state index contributed by atoms with van der Waals surface area (Å²) in [6.45, 7) is 4.29. The summed E-state index contributed by atoms with van der Waals surface area (Å²) in [7, 11) is 0. The monoisotopic (exact) mass is 286 g/mol. The van der Waals surface area contributed by atoms with Gasteiger partial charge in [-0.3, -0.25) is 10.1 Å². The van der Waals surface area contributed by atoms with Crippen LogP contribution in [0.25, 0.3) is 0 Å². The van der Waals surface area contributed by atoms with E-state index in [9.17, 15) is 10.1 Å². The van der Waals surface area contributed by atoms with E-state index in [-0.39, 0.29) is 11.7 Å². The van der Waals surface area contributed by atoms with Crippen LogP contribution in [0.1, 0.15) is 25.5 Å². The fourth-order valence-corrected chi connectivity index (χ4v) is 2.10. The normalized spacial score (nSPS) is 11.7.